The Hall–Kier alpha value is -2.60. The lowest BCUT2D eigenvalue weighted by Gasteiger charge is -2.29. The summed E-state index contributed by atoms with van der Waals surface area (Å²) in [6.45, 7) is 4.43. The molecule has 30 heavy (non-hydrogen) atoms. The average molecular weight is 435 g/mol. The second-order valence-corrected chi connectivity index (χ2v) is 7.48. The van der Waals surface area contributed by atoms with Gasteiger partial charge in [-0.2, -0.15) is 0 Å². The zero-order valence-corrected chi connectivity index (χ0v) is 18.3. The van der Waals surface area contributed by atoms with Crippen molar-refractivity contribution in [3.05, 3.63) is 64.4 Å². The highest BCUT2D eigenvalue weighted by atomic mass is 35.5. The van der Waals surface area contributed by atoms with Crippen molar-refractivity contribution in [1.82, 2.24) is 10.2 Å². The van der Waals surface area contributed by atoms with E-state index in [2.05, 4.69) is 5.32 Å². The van der Waals surface area contributed by atoms with Crippen LogP contribution in [0, 0.1) is 5.82 Å². The molecule has 0 radical (unpaired) electrons. The number of hydrogen-bond donors (Lipinski definition) is 1. The molecule has 2 rings (SSSR count). The maximum absolute atomic E-state index is 14.2. The molecule has 0 saturated carbocycles. The Morgan fingerprint density at radius 3 is 2.63 bits per heavy atom. The molecule has 162 valence electrons. The fraction of sp³-hybridized carbons (Fsp3) is 0.391. The Labute approximate surface area is 182 Å². The maximum Gasteiger partial charge on any atom is 0.242 e. The second-order valence-electron chi connectivity index (χ2n) is 7.07. The maximum atomic E-state index is 14.2. The highest BCUT2D eigenvalue weighted by Crippen LogP contribution is 2.22. The minimum atomic E-state index is -0.730. The molecule has 2 aromatic rings. The van der Waals surface area contributed by atoms with Crippen molar-refractivity contribution in [1.29, 1.82) is 0 Å². The number of carbonyl (C=O) groups is 2. The molecule has 0 spiro atoms. The van der Waals surface area contributed by atoms with Gasteiger partial charge < -0.3 is 15.0 Å². The number of methoxy groups -OCH3 is 1. The van der Waals surface area contributed by atoms with Crippen molar-refractivity contribution in [2.75, 3.05) is 13.7 Å². The first-order chi connectivity index (χ1) is 14.4. The van der Waals surface area contributed by atoms with E-state index in [4.69, 9.17) is 16.3 Å². The summed E-state index contributed by atoms with van der Waals surface area (Å²) in [5.41, 5.74) is 0.925. The van der Waals surface area contributed by atoms with Crippen molar-refractivity contribution in [2.45, 2.75) is 45.7 Å². The standard InChI is InChI=1S/C23H28ClFN2O3/c1-4-5-12-26-23(29)16(2)27(15-17-8-6-9-18(13-17)30-3)22(28)14-19-20(24)10-7-11-21(19)25/h6-11,13,16H,4-5,12,14-15H2,1-3H3,(H,26,29)/t16-/m1/s1. The molecule has 0 aromatic heterocycles. The van der Waals surface area contributed by atoms with Crippen LogP contribution in [-0.2, 0) is 22.6 Å². The van der Waals surface area contributed by atoms with Gasteiger partial charge in [0.05, 0.1) is 13.5 Å². The third-order valence-electron chi connectivity index (χ3n) is 4.87. The molecule has 0 bridgehead atoms. The van der Waals surface area contributed by atoms with Crippen LogP contribution in [0.2, 0.25) is 5.02 Å². The number of amides is 2. The first-order valence-electron chi connectivity index (χ1n) is 10.00. The SMILES string of the molecule is CCCCNC(=O)[C@@H](C)N(Cc1cccc(OC)c1)C(=O)Cc1c(F)cccc1Cl. The van der Waals surface area contributed by atoms with Crippen molar-refractivity contribution in [3.8, 4) is 5.75 Å². The predicted octanol–water partition coefficient (Wildman–Crippen LogP) is 4.36. The number of rotatable bonds is 10. The van der Waals surface area contributed by atoms with E-state index in [9.17, 15) is 14.0 Å². The number of nitrogens with one attached hydrogen (secondary N) is 1. The molecular formula is C23H28ClFN2O3. The van der Waals surface area contributed by atoms with Gasteiger partial charge in [-0.05, 0) is 43.2 Å². The molecule has 1 N–H and O–H groups in total. The van der Waals surface area contributed by atoms with Crippen molar-refractivity contribution in [2.24, 2.45) is 0 Å². The van der Waals surface area contributed by atoms with E-state index in [1.165, 1.54) is 17.0 Å². The monoisotopic (exact) mass is 434 g/mol. The van der Waals surface area contributed by atoms with Crippen LogP contribution in [0.5, 0.6) is 5.75 Å². The van der Waals surface area contributed by atoms with Gasteiger partial charge in [0.1, 0.15) is 17.6 Å². The number of nitrogens with zero attached hydrogens (tertiary/aromatic N) is 1. The summed E-state index contributed by atoms with van der Waals surface area (Å²) in [7, 11) is 1.56. The number of halogens is 2. The van der Waals surface area contributed by atoms with Gasteiger partial charge in [-0.1, -0.05) is 43.1 Å². The third kappa shape index (κ3) is 6.46. The number of unbranched alkanes of at least 4 members (excludes halogenated alkanes) is 1. The quantitative estimate of drug-likeness (QED) is 0.565. The number of hydrogen-bond acceptors (Lipinski definition) is 3. The lowest BCUT2D eigenvalue weighted by atomic mass is 10.1. The highest BCUT2D eigenvalue weighted by molar-refractivity contribution is 6.31. The molecular weight excluding hydrogens is 407 g/mol. The first-order valence-corrected chi connectivity index (χ1v) is 10.4. The Morgan fingerprint density at radius 2 is 1.97 bits per heavy atom. The zero-order valence-electron chi connectivity index (χ0n) is 17.6. The molecule has 0 heterocycles. The number of ether oxygens (including phenoxy) is 1. The fourth-order valence-electron chi connectivity index (χ4n) is 3.04. The molecule has 0 fully saturated rings. The van der Waals surface area contributed by atoms with Crippen molar-refractivity contribution >= 4 is 23.4 Å². The predicted molar refractivity (Wildman–Crippen MR) is 116 cm³/mol. The molecule has 0 aliphatic heterocycles. The van der Waals surface area contributed by atoms with E-state index in [1.54, 1.807) is 32.2 Å². The summed E-state index contributed by atoms with van der Waals surface area (Å²) < 4.78 is 19.5. The van der Waals surface area contributed by atoms with E-state index in [1.807, 2.05) is 19.1 Å². The fourth-order valence-corrected chi connectivity index (χ4v) is 3.27. The number of carbonyl (C=O) groups excluding carboxylic acids is 2. The molecule has 1 atom stereocenters. The van der Waals surface area contributed by atoms with Gasteiger partial charge in [-0.15, -0.1) is 0 Å². The Kier molecular flexibility index (Phi) is 9.12. The molecule has 5 nitrogen and oxygen atoms in total. The molecule has 0 aliphatic carbocycles. The van der Waals surface area contributed by atoms with Crippen LogP contribution in [0.3, 0.4) is 0 Å². The Balaban J connectivity index is 2.26. The molecule has 2 aromatic carbocycles. The summed E-state index contributed by atoms with van der Waals surface area (Å²) in [6, 6.07) is 10.8. The third-order valence-corrected chi connectivity index (χ3v) is 5.23. The van der Waals surface area contributed by atoms with Crippen LogP contribution in [0.25, 0.3) is 0 Å². The summed E-state index contributed by atoms with van der Waals surface area (Å²) in [6.07, 6.45) is 1.57. The van der Waals surface area contributed by atoms with E-state index in [-0.39, 0.29) is 35.4 Å². The molecule has 7 heteroatoms. The Bertz CT molecular complexity index is 855. The van der Waals surface area contributed by atoms with E-state index in [0.717, 1.165) is 18.4 Å². The first kappa shape index (κ1) is 23.7. The largest absolute Gasteiger partial charge is 0.497 e. The second kappa shape index (κ2) is 11.6. The lowest BCUT2D eigenvalue weighted by molar-refractivity contribution is -0.140. The van der Waals surface area contributed by atoms with Crippen LogP contribution in [-0.4, -0.2) is 36.4 Å². The average Bonchev–Trinajstić information content (AvgIpc) is 2.74. The molecule has 0 aliphatic rings. The number of benzene rings is 2. The van der Waals surface area contributed by atoms with Crippen LogP contribution < -0.4 is 10.1 Å². The normalized spacial score (nSPS) is 11.6. The van der Waals surface area contributed by atoms with Gasteiger partial charge in [-0.25, -0.2) is 4.39 Å². The Morgan fingerprint density at radius 1 is 1.23 bits per heavy atom. The van der Waals surface area contributed by atoms with Gasteiger partial charge in [0.25, 0.3) is 0 Å². The summed E-state index contributed by atoms with van der Waals surface area (Å²) >= 11 is 6.10. The van der Waals surface area contributed by atoms with Crippen LogP contribution in [0.4, 0.5) is 4.39 Å². The van der Waals surface area contributed by atoms with E-state index < -0.39 is 11.9 Å². The molecule has 0 saturated heterocycles. The minimum absolute atomic E-state index is 0.124. The van der Waals surface area contributed by atoms with Crippen LogP contribution in [0.1, 0.15) is 37.8 Å². The van der Waals surface area contributed by atoms with Crippen LogP contribution in [0.15, 0.2) is 42.5 Å². The van der Waals surface area contributed by atoms with E-state index in [0.29, 0.717) is 12.3 Å². The van der Waals surface area contributed by atoms with Crippen LogP contribution >= 0.6 is 11.6 Å². The highest BCUT2D eigenvalue weighted by Gasteiger charge is 2.27. The smallest absolute Gasteiger partial charge is 0.242 e. The summed E-state index contributed by atoms with van der Waals surface area (Å²) in [4.78, 5) is 27.2. The van der Waals surface area contributed by atoms with Gasteiger partial charge in [0.2, 0.25) is 11.8 Å². The molecule has 2 amide bonds. The van der Waals surface area contributed by atoms with Gasteiger partial charge in [0.15, 0.2) is 0 Å². The van der Waals surface area contributed by atoms with Crippen molar-refractivity contribution < 1.29 is 18.7 Å². The minimum Gasteiger partial charge on any atom is -0.497 e. The zero-order chi connectivity index (χ0) is 22.1. The molecule has 0 unspecified atom stereocenters. The summed E-state index contributed by atoms with van der Waals surface area (Å²) in [5, 5.41) is 3.04. The van der Waals surface area contributed by atoms with Gasteiger partial charge in [0, 0.05) is 23.7 Å². The topological polar surface area (TPSA) is 58.6 Å². The van der Waals surface area contributed by atoms with Crippen molar-refractivity contribution in [3.63, 3.8) is 0 Å². The lowest BCUT2D eigenvalue weighted by Crippen LogP contribution is -2.48. The van der Waals surface area contributed by atoms with E-state index >= 15 is 0 Å². The van der Waals surface area contributed by atoms with Gasteiger partial charge in [-0.3, -0.25) is 9.59 Å². The van der Waals surface area contributed by atoms with Gasteiger partial charge >= 0.3 is 0 Å². The summed E-state index contributed by atoms with van der Waals surface area (Å²) in [5.74, 6) is -0.531.